The van der Waals surface area contributed by atoms with Crippen molar-refractivity contribution in [2.45, 2.75) is 13.0 Å². The van der Waals surface area contributed by atoms with E-state index in [-0.39, 0.29) is 19.6 Å². The second kappa shape index (κ2) is 6.11. The third-order valence-corrected chi connectivity index (χ3v) is 3.18. The van der Waals surface area contributed by atoms with Crippen molar-refractivity contribution in [3.63, 3.8) is 0 Å². The van der Waals surface area contributed by atoms with Crippen LogP contribution in [-0.4, -0.2) is 41.6 Å². The molecule has 0 atom stereocenters. The second-order valence-corrected chi connectivity index (χ2v) is 5.09. The molecule has 3 N–H and O–H groups in total. The summed E-state index contributed by atoms with van der Waals surface area (Å²) in [6, 6.07) is 3.56. The zero-order chi connectivity index (χ0) is 14.7. The van der Waals surface area contributed by atoms with E-state index in [1.807, 2.05) is 6.07 Å². The van der Waals surface area contributed by atoms with Crippen molar-refractivity contribution in [3.05, 3.63) is 28.3 Å². The molecule has 1 heterocycles. The highest BCUT2D eigenvalue weighted by atomic mass is 35.5. The van der Waals surface area contributed by atoms with E-state index in [1.165, 1.54) is 4.90 Å². The van der Waals surface area contributed by atoms with Gasteiger partial charge in [0.25, 0.3) is 0 Å². The molecule has 0 unspecified atom stereocenters. The summed E-state index contributed by atoms with van der Waals surface area (Å²) in [6.45, 7) is 0.424. The van der Waals surface area contributed by atoms with Crippen LogP contribution in [0.15, 0.2) is 12.1 Å². The number of amides is 1. The number of carbonyl (C=O) groups is 2. The van der Waals surface area contributed by atoms with E-state index in [1.54, 1.807) is 6.07 Å². The number of rotatable bonds is 6. The summed E-state index contributed by atoms with van der Waals surface area (Å²) >= 11 is 6.04. The fourth-order valence-corrected chi connectivity index (χ4v) is 2.55. The number of carboxylic acid groups (broad SMARTS) is 1. The summed E-state index contributed by atoms with van der Waals surface area (Å²) in [5.74, 6) is -0.869. The Hall–Kier alpha value is -1.79. The molecule has 0 spiro atoms. The Morgan fingerprint density at radius 1 is 1.40 bits per heavy atom. The zero-order valence-corrected chi connectivity index (χ0v) is 11.5. The average Bonchev–Trinajstić information content (AvgIpc) is 2.74. The minimum absolute atomic E-state index is 0.131. The minimum atomic E-state index is -1.02. The van der Waals surface area contributed by atoms with Gasteiger partial charge >= 0.3 is 5.97 Å². The summed E-state index contributed by atoms with van der Waals surface area (Å²) in [6.07, 6.45) is 0.775. The summed E-state index contributed by atoms with van der Waals surface area (Å²) in [4.78, 5) is 23.3. The third-order valence-electron chi connectivity index (χ3n) is 2.96. The molecule has 1 aromatic carbocycles. The quantitative estimate of drug-likeness (QED) is 0.804. The fraction of sp³-hybridized carbons (Fsp3) is 0.385. The molecule has 0 fully saturated rings. The van der Waals surface area contributed by atoms with Gasteiger partial charge in [-0.05, 0) is 17.7 Å². The molecule has 1 aliphatic rings. The van der Waals surface area contributed by atoms with Crippen molar-refractivity contribution >= 4 is 23.5 Å². The Bertz CT molecular complexity index is 531. The van der Waals surface area contributed by atoms with Crippen molar-refractivity contribution < 1.29 is 19.4 Å². The van der Waals surface area contributed by atoms with Gasteiger partial charge in [-0.1, -0.05) is 11.6 Å². The largest absolute Gasteiger partial charge is 0.493 e. The van der Waals surface area contributed by atoms with Crippen LogP contribution in [0.3, 0.4) is 0 Å². The van der Waals surface area contributed by atoms with Crippen molar-refractivity contribution in [2.24, 2.45) is 5.73 Å². The first-order valence-corrected chi connectivity index (χ1v) is 6.50. The first kappa shape index (κ1) is 14.6. The molecule has 0 saturated carbocycles. The normalized spacial score (nSPS) is 13.1. The van der Waals surface area contributed by atoms with Crippen molar-refractivity contribution in [1.82, 2.24) is 4.90 Å². The number of carboxylic acids is 1. The number of aliphatic carboxylic acids is 1. The lowest BCUT2D eigenvalue weighted by Crippen LogP contribution is -2.36. The van der Waals surface area contributed by atoms with Gasteiger partial charge in [-0.2, -0.15) is 0 Å². The SMILES string of the molecule is NC(=O)CN(CC(=O)O)Cc1cc(Cl)cc2c1OCC2. The number of halogens is 1. The molecule has 1 aliphatic heterocycles. The molecular formula is C13H15ClN2O4. The van der Waals surface area contributed by atoms with Gasteiger partial charge in [-0.15, -0.1) is 0 Å². The van der Waals surface area contributed by atoms with Crippen LogP contribution in [0, 0.1) is 0 Å². The summed E-state index contributed by atoms with van der Waals surface area (Å²) < 4.78 is 5.55. The molecule has 0 saturated heterocycles. The molecule has 108 valence electrons. The van der Waals surface area contributed by atoms with Gasteiger partial charge in [0, 0.05) is 23.6 Å². The van der Waals surface area contributed by atoms with Crippen LogP contribution in [0.4, 0.5) is 0 Å². The molecule has 1 aromatic rings. The standard InChI is InChI=1S/C13H15ClN2O4/c14-10-3-8-1-2-20-13(8)9(4-10)5-16(6-11(15)17)7-12(18)19/h3-4H,1-2,5-7H2,(H2,15,17)(H,18,19). The van der Waals surface area contributed by atoms with Crippen LogP contribution < -0.4 is 10.5 Å². The highest BCUT2D eigenvalue weighted by Crippen LogP contribution is 2.33. The lowest BCUT2D eigenvalue weighted by Gasteiger charge is -2.20. The molecule has 6 nitrogen and oxygen atoms in total. The number of carbonyl (C=O) groups excluding carboxylic acids is 1. The number of hydrogen-bond donors (Lipinski definition) is 2. The van der Waals surface area contributed by atoms with E-state index in [2.05, 4.69) is 0 Å². The fourth-order valence-electron chi connectivity index (χ4n) is 2.28. The topological polar surface area (TPSA) is 92.9 Å². The Kier molecular flexibility index (Phi) is 4.46. The lowest BCUT2D eigenvalue weighted by atomic mass is 10.1. The van der Waals surface area contributed by atoms with Gasteiger partial charge in [0.1, 0.15) is 5.75 Å². The lowest BCUT2D eigenvalue weighted by molar-refractivity contribution is -0.138. The van der Waals surface area contributed by atoms with Gasteiger partial charge in [0.05, 0.1) is 19.7 Å². The van der Waals surface area contributed by atoms with Gasteiger partial charge in [0.2, 0.25) is 5.91 Å². The third kappa shape index (κ3) is 3.61. The summed E-state index contributed by atoms with van der Waals surface area (Å²) in [5, 5.41) is 9.44. The first-order valence-electron chi connectivity index (χ1n) is 6.12. The van der Waals surface area contributed by atoms with Crippen molar-refractivity contribution in [2.75, 3.05) is 19.7 Å². The molecule has 0 aliphatic carbocycles. The smallest absolute Gasteiger partial charge is 0.317 e. The van der Waals surface area contributed by atoms with E-state index >= 15 is 0 Å². The predicted molar refractivity (Wildman–Crippen MR) is 72.8 cm³/mol. The maximum Gasteiger partial charge on any atom is 0.317 e. The van der Waals surface area contributed by atoms with Crippen LogP contribution in [0.25, 0.3) is 0 Å². The molecule has 20 heavy (non-hydrogen) atoms. The number of nitrogens with zero attached hydrogens (tertiary/aromatic N) is 1. The van der Waals surface area contributed by atoms with E-state index in [0.717, 1.165) is 23.3 Å². The van der Waals surface area contributed by atoms with Gasteiger partial charge < -0.3 is 15.6 Å². The second-order valence-electron chi connectivity index (χ2n) is 4.66. The summed E-state index contributed by atoms with van der Waals surface area (Å²) in [5.41, 5.74) is 6.91. The van der Waals surface area contributed by atoms with Crippen LogP contribution in [-0.2, 0) is 22.6 Å². The number of ether oxygens (including phenoxy) is 1. The van der Waals surface area contributed by atoms with Crippen LogP contribution >= 0.6 is 11.6 Å². The summed E-state index contributed by atoms with van der Waals surface area (Å²) in [7, 11) is 0. The molecule has 7 heteroatoms. The molecule has 0 aromatic heterocycles. The van der Waals surface area contributed by atoms with E-state index < -0.39 is 11.9 Å². The van der Waals surface area contributed by atoms with E-state index in [9.17, 15) is 9.59 Å². The Morgan fingerprint density at radius 3 is 2.80 bits per heavy atom. The molecule has 2 rings (SSSR count). The van der Waals surface area contributed by atoms with Crippen LogP contribution in [0.2, 0.25) is 5.02 Å². The van der Waals surface area contributed by atoms with Gasteiger partial charge in [-0.25, -0.2) is 0 Å². The monoisotopic (exact) mass is 298 g/mol. The molecule has 1 amide bonds. The van der Waals surface area contributed by atoms with Gasteiger partial charge in [0.15, 0.2) is 0 Å². The first-order chi connectivity index (χ1) is 9.45. The van der Waals surface area contributed by atoms with Crippen molar-refractivity contribution in [3.8, 4) is 5.75 Å². The predicted octanol–water partition coefficient (Wildman–Crippen LogP) is 0.647. The van der Waals surface area contributed by atoms with E-state index in [4.69, 9.17) is 27.2 Å². The molecule has 0 radical (unpaired) electrons. The zero-order valence-electron chi connectivity index (χ0n) is 10.8. The van der Waals surface area contributed by atoms with Crippen molar-refractivity contribution in [1.29, 1.82) is 0 Å². The Morgan fingerprint density at radius 2 is 2.15 bits per heavy atom. The average molecular weight is 299 g/mol. The van der Waals surface area contributed by atoms with Crippen LogP contribution in [0.5, 0.6) is 5.75 Å². The number of nitrogens with two attached hydrogens (primary N) is 1. The van der Waals surface area contributed by atoms with Gasteiger partial charge in [-0.3, -0.25) is 14.5 Å². The highest BCUT2D eigenvalue weighted by Gasteiger charge is 2.21. The maximum atomic E-state index is 11.0. The minimum Gasteiger partial charge on any atom is -0.493 e. The Labute approximate surface area is 121 Å². The Balaban J connectivity index is 2.21. The number of hydrogen-bond acceptors (Lipinski definition) is 4. The molecular weight excluding hydrogens is 284 g/mol. The highest BCUT2D eigenvalue weighted by molar-refractivity contribution is 6.30. The number of benzene rings is 1. The van der Waals surface area contributed by atoms with Crippen LogP contribution in [0.1, 0.15) is 11.1 Å². The maximum absolute atomic E-state index is 11.0. The number of primary amides is 1. The number of fused-ring (bicyclic) bond motifs is 1. The van der Waals surface area contributed by atoms with E-state index in [0.29, 0.717) is 11.6 Å². The molecule has 0 bridgehead atoms.